The number of nitrogen functional groups attached to an aromatic ring is 1. The smallest absolute Gasteiger partial charge is 0.231 e. The second kappa shape index (κ2) is 7.88. The first-order chi connectivity index (χ1) is 13.5. The molecule has 0 aliphatic heterocycles. The Balaban J connectivity index is 1.46. The minimum Gasteiger partial charge on any atom is -0.383 e. The number of hydrogen-bond acceptors (Lipinski definition) is 7. The van der Waals surface area contributed by atoms with E-state index in [4.69, 9.17) is 5.73 Å². The van der Waals surface area contributed by atoms with Crippen molar-refractivity contribution in [3.63, 3.8) is 0 Å². The van der Waals surface area contributed by atoms with Crippen molar-refractivity contribution in [1.82, 2.24) is 15.3 Å². The lowest BCUT2D eigenvalue weighted by atomic mass is 9.83. The number of nitrogens with zero attached hydrogens (tertiary/aromatic N) is 3. The summed E-state index contributed by atoms with van der Waals surface area (Å²) in [6, 6.07) is 2.32. The van der Waals surface area contributed by atoms with E-state index in [1.54, 1.807) is 11.3 Å². The van der Waals surface area contributed by atoms with E-state index in [1.165, 1.54) is 28.6 Å². The number of rotatable bonds is 4. The molecular formula is C20H25N5OS2. The quantitative estimate of drug-likeness (QED) is 0.581. The minimum atomic E-state index is -0.705. The van der Waals surface area contributed by atoms with Gasteiger partial charge in [0, 0.05) is 4.88 Å². The van der Waals surface area contributed by atoms with Crippen LogP contribution in [0.2, 0.25) is 0 Å². The van der Waals surface area contributed by atoms with Crippen LogP contribution < -0.4 is 11.1 Å². The summed E-state index contributed by atoms with van der Waals surface area (Å²) in [5.41, 5.74) is 6.87. The number of carbonyl (C=O) groups is 1. The third-order valence-electron chi connectivity index (χ3n) is 5.79. The van der Waals surface area contributed by atoms with Gasteiger partial charge < -0.3 is 11.1 Å². The lowest BCUT2D eigenvalue weighted by Crippen LogP contribution is -2.49. The van der Waals surface area contributed by atoms with Crippen molar-refractivity contribution < 1.29 is 4.79 Å². The standard InChI is InChI=1S/C20H25N5OS2/c1-12-5-6-13-14(9-12)28-18-16(13)17(22)23-19(24-18)27-10-15(26)25-20(11-21)7-3-2-4-8-20/h12H,2-10H2,1H3,(H,25,26)(H2,22,23,24). The Labute approximate surface area is 173 Å². The van der Waals surface area contributed by atoms with Crippen LogP contribution in [0, 0.1) is 17.2 Å². The van der Waals surface area contributed by atoms with Gasteiger partial charge in [0.1, 0.15) is 16.2 Å². The maximum atomic E-state index is 12.4. The molecule has 2 aliphatic rings. The van der Waals surface area contributed by atoms with Gasteiger partial charge in [0.05, 0.1) is 17.2 Å². The SMILES string of the molecule is CC1CCc2c(sc3nc(SCC(=O)NC4(C#N)CCCCC4)nc(N)c23)C1. The molecule has 1 amide bonds. The maximum absolute atomic E-state index is 12.4. The summed E-state index contributed by atoms with van der Waals surface area (Å²) in [6.07, 6.45) is 7.85. The summed E-state index contributed by atoms with van der Waals surface area (Å²) in [5, 5.41) is 14.0. The fraction of sp³-hybridized carbons (Fsp3) is 0.600. The first-order valence-electron chi connectivity index (χ1n) is 9.92. The molecule has 28 heavy (non-hydrogen) atoms. The van der Waals surface area contributed by atoms with Gasteiger partial charge in [0.2, 0.25) is 5.91 Å². The zero-order chi connectivity index (χ0) is 19.7. The Morgan fingerprint density at radius 1 is 1.39 bits per heavy atom. The van der Waals surface area contributed by atoms with E-state index in [9.17, 15) is 10.1 Å². The van der Waals surface area contributed by atoms with E-state index >= 15 is 0 Å². The van der Waals surface area contributed by atoms with E-state index in [0.29, 0.717) is 16.9 Å². The first-order valence-corrected chi connectivity index (χ1v) is 11.7. The van der Waals surface area contributed by atoms with Gasteiger partial charge in [0.25, 0.3) is 0 Å². The number of carbonyl (C=O) groups excluding carboxylic acids is 1. The number of aromatic nitrogens is 2. The fourth-order valence-electron chi connectivity index (χ4n) is 4.27. The lowest BCUT2D eigenvalue weighted by molar-refractivity contribution is -0.120. The number of thioether (sulfide) groups is 1. The zero-order valence-electron chi connectivity index (χ0n) is 16.1. The molecular weight excluding hydrogens is 390 g/mol. The molecule has 2 heterocycles. The molecule has 8 heteroatoms. The van der Waals surface area contributed by atoms with Crippen LogP contribution in [0.25, 0.3) is 10.2 Å². The molecule has 0 radical (unpaired) electrons. The monoisotopic (exact) mass is 415 g/mol. The van der Waals surface area contributed by atoms with E-state index < -0.39 is 5.54 Å². The van der Waals surface area contributed by atoms with E-state index in [2.05, 4.69) is 28.3 Å². The predicted octanol–water partition coefficient (Wildman–Crippen LogP) is 3.83. The molecule has 3 N–H and O–H groups in total. The van der Waals surface area contributed by atoms with Crippen molar-refractivity contribution in [1.29, 1.82) is 5.26 Å². The topological polar surface area (TPSA) is 105 Å². The van der Waals surface area contributed by atoms with Gasteiger partial charge in [-0.15, -0.1) is 11.3 Å². The van der Waals surface area contributed by atoms with Crippen molar-refractivity contribution >= 4 is 45.0 Å². The molecule has 0 aromatic carbocycles. The van der Waals surface area contributed by atoms with Crippen LogP contribution in [0.3, 0.4) is 0 Å². The molecule has 2 aliphatic carbocycles. The molecule has 1 atom stereocenters. The number of fused-ring (bicyclic) bond motifs is 3. The van der Waals surface area contributed by atoms with Crippen LogP contribution >= 0.6 is 23.1 Å². The fourth-order valence-corrected chi connectivity index (χ4v) is 6.37. The van der Waals surface area contributed by atoms with Crippen LogP contribution in [0.1, 0.15) is 55.9 Å². The zero-order valence-corrected chi connectivity index (χ0v) is 17.7. The Morgan fingerprint density at radius 2 is 2.18 bits per heavy atom. The average molecular weight is 416 g/mol. The molecule has 1 fully saturated rings. The van der Waals surface area contributed by atoms with E-state index in [1.807, 2.05) is 0 Å². The molecule has 148 valence electrons. The number of hydrogen-bond donors (Lipinski definition) is 2. The van der Waals surface area contributed by atoms with E-state index in [-0.39, 0.29) is 11.7 Å². The largest absolute Gasteiger partial charge is 0.383 e. The van der Waals surface area contributed by atoms with Crippen LogP contribution in [-0.2, 0) is 17.6 Å². The number of thiophene rings is 1. The molecule has 2 aromatic heterocycles. The van der Waals surface area contributed by atoms with Crippen molar-refractivity contribution in [2.75, 3.05) is 11.5 Å². The Bertz CT molecular complexity index is 942. The highest BCUT2D eigenvalue weighted by Gasteiger charge is 2.33. The Hall–Kier alpha value is -1.85. The average Bonchev–Trinajstić information content (AvgIpc) is 3.05. The third kappa shape index (κ3) is 3.83. The molecule has 4 rings (SSSR count). The molecule has 1 saturated carbocycles. The molecule has 0 saturated heterocycles. The van der Waals surface area contributed by atoms with Crippen LogP contribution in [0.5, 0.6) is 0 Å². The molecule has 2 aromatic rings. The van der Waals surface area contributed by atoms with Gasteiger partial charge in [-0.1, -0.05) is 37.9 Å². The summed E-state index contributed by atoms with van der Waals surface area (Å²) in [5.74, 6) is 1.26. The van der Waals surface area contributed by atoms with Gasteiger partial charge in [-0.3, -0.25) is 4.79 Å². The van der Waals surface area contributed by atoms with Gasteiger partial charge in [-0.2, -0.15) is 5.26 Å². The summed E-state index contributed by atoms with van der Waals surface area (Å²) in [6.45, 7) is 2.28. The number of amides is 1. The molecule has 6 nitrogen and oxygen atoms in total. The van der Waals surface area contributed by atoms with E-state index in [0.717, 1.165) is 55.2 Å². The molecule has 1 unspecified atom stereocenters. The second-order valence-corrected chi connectivity index (χ2v) is 10.0. The van der Waals surface area contributed by atoms with Crippen molar-refractivity contribution in [2.24, 2.45) is 5.92 Å². The van der Waals surface area contributed by atoms with Crippen molar-refractivity contribution in [2.45, 2.75) is 69.0 Å². The van der Waals surface area contributed by atoms with Crippen molar-refractivity contribution in [3.8, 4) is 6.07 Å². The summed E-state index contributed by atoms with van der Waals surface area (Å²) >= 11 is 2.99. The number of nitrogens with one attached hydrogen (secondary N) is 1. The third-order valence-corrected chi connectivity index (χ3v) is 7.79. The summed E-state index contributed by atoms with van der Waals surface area (Å²) in [7, 11) is 0. The number of anilines is 1. The van der Waals surface area contributed by atoms with Gasteiger partial charge in [-0.05, 0) is 43.6 Å². The number of aryl methyl sites for hydroxylation is 1. The van der Waals surface area contributed by atoms with Gasteiger partial charge in [-0.25, -0.2) is 9.97 Å². The highest BCUT2D eigenvalue weighted by Crippen LogP contribution is 2.40. The maximum Gasteiger partial charge on any atom is 0.231 e. The minimum absolute atomic E-state index is 0.144. The Kier molecular flexibility index (Phi) is 5.48. The van der Waals surface area contributed by atoms with Gasteiger partial charge in [0.15, 0.2) is 5.16 Å². The van der Waals surface area contributed by atoms with Crippen LogP contribution in [0.15, 0.2) is 5.16 Å². The normalized spacial score (nSPS) is 21.1. The molecule has 0 bridgehead atoms. The first kappa shape index (κ1) is 19.5. The highest BCUT2D eigenvalue weighted by molar-refractivity contribution is 7.99. The van der Waals surface area contributed by atoms with Crippen LogP contribution in [-0.4, -0.2) is 27.2 Å². The summed E-state index contributed by atoms with van der Waals surface area (Å²) < 4.78 is 0. The van der Waals surface area contributed by atoms with Crippen molar-refractivity contribution in [3.05, 3.63) is 10.4 Å². The second-order valence-electron chi connectivity index (χ2n) is 8.01. The Morgan fingerprint density at radius 3 is 2.93 bits per heavy atom. The van der Waals surface area contributed by atoms with Gasteiger partial charge >= 0.3 is 0 Å². The van der Waals surface area contributed by atoms with Crippen LogP contribution in [0.4, 0.5) is 5.82 Å². The number of nitriles is 1. The number of nitrogens with two attached hydrogens (primary N) is 1. The molecule has 0 spiro atoms. The lowest BCUT2D eigenvalue weighted by Gasteiger charge is -2.31. The highest BCUT2D eigenvalue weighted by atomic mass is 32.2. The summed E-state index contributed by atoms with van der Waals surface area (Å²) in [4.78, 5) is 23.8. The predicted molar refractivity (Wildman–Crippen MR) is 113 cm³/mol.